The van der Waals surface area contributed by atoms with E-state index in [4.69, 9.17) is 41.0 Å². The van der Waals surface area contributed by atoms with Crippen LogP contribution in [0.3, 0.4) is 0 Å². The number of carbonyl (C=O) groups excluding carboxylic acids is 3. The number of aromatic nitrogens is 8. The molecule has 4 heterocycles. The van der Waals surface area contributed by atoms with Crippen molar-refractivity contribution in [1.82, 2.24) is 49.3 Å². The molecule has 23 nitrogen and oxygen atoms in total. The van der Waals surface area contributed by atoms with Crippen molar-refractivity contribution in [2.45, 2.75) is 13.1 Å². The molecule has 0 aliphatic heterocycles. The molecule has 0 aliphatic rings. The molecular formula is C54H62N18O5. The molecule has 77 heavy (non-hydrogen) atoms. The minimum Gasteiger partial charge on any atom is -0.494 e. The summed E-state index contributed by atoms with van der Waals surface area (Å²) in [7, 11) is 12.9. The fourth-order valence-corrected chi connectivity index (χ4v) is 8.51. The normalized spacial score (nSPS) is 11.2. The summed E-state index contributed by atoms with van der Waals surface area (Å²) in [4.78, 5) is 65.6. The van der Waals surface area contributed by atoms with Crippen LogP contribution < -0.4 is 52.0 Å². The van der Waals surface area contributed by atoms with Crippen LogP contribution >= 0.6 is 0 Å². The van der Waals surface area contributed by atoms with Crippen molar-refractivity contribution in [2.24, 2.45) is 11.5 Å². The summed E-state index contributed by atoms with van der Waals surface area (Å²) >= 11 is 0. The summed E-state index contributed by atoms with van der Waals surface area (Å²) in [6, 6.07) is 25.7. The minimum atomic E-state index is -0.692. The lowest BCUT2D eigenvalue weighted by atomic mass is 10.2. The fraction of sp³-hybridized carbons (Fsp3) is 0.241. The molecule has 8 aromatic rings. The second kappa shape index (κ2) is 23.8. The van der Waals surface area contributed by atoms with E-state index in [9.17, 15) is 14.4 Å². The van der Waals surface area contributed by atoms with Gasteiger partial charge in [-0.1, -0.05) is 49.6 Å². The van der Waals surface area contributed by atoms with Crippen LogP contribution in [0.4, 0.5) is 46.0 Å². The van der Waals surface area contributed by atoms with Crippen LogP contribution in [0.5, 0.6) is 11.5 Å². The van der Waals surface area contributed by atoms with Gasteiger partial charge in [0.05, 0.1) is 70.8 Å². The van der Waals surface area contributed by atoms with E-state index in [0.29, 0.717) is 100 Å². The Balaban J connectivity index is 1.08. The lowest BCUT2D eigenvalue weighted by Gasteiger charge is -2.27. The van der Waals surface area contributed by atoms with Gasteiger partial charge in [0, 0.05) is 94.6 Å². The number of methoxy groups -OCH3 is 2. The summed E-state index contributed by atoms with van der Waals surface area (Å²) in [5.41, 5.74) is 18.0. The van der Waals surface area contributed by atoms with E-state index in [2.05, 4.69) is 54.3 Å². The molecule has 0 saturated heterocycles. The van der Waals surface area contributed by atoms with Crippen molar-refractivity contribution in [1.29, 1.82) is 0 Å². The number of hydrogen-bond acceptors (Lipinski definition) is 18. The van der Waals surface area contributed by atoms with Crippen LogP contribution in [-0.2, 0) is 22.7 Å². The first kappa shape index (κ1) is 53.8. The Labute approximate surface area is 445 Å². The summed E-state index contributed by atoms with van der Waals surface area (Å²) in [6.07, 6.45) is 4.02. The van der Waals surface area contributed by atoms with E-state index < -0.39 is 17.7 Å². The average Bonchev–Trinajstić information content (AvgIpc) is 4.03. The molecule has 398 valence electrons. The maximum atomic E-state index is 12.9. The predicted octanol–water partition coefficient (Wildman–Crippen LogP) is 5.82. The van der Waals surface area contributed by atoms with E-state index in [0.717, 1.165) is 23.1 Å². The van der Waals surface area contributed by atoms with E-state index in [-0.39, 0.29) is 24.1 Å². The predicted molar refractivity (Wildman–Crippen MR) is 301 cm³/mol. The van der Waals surface area contributed by atoms with Crippen LogP contribution in [0.1, 0.15) is 21.9 Å². The highest BCUT2D eigenvalue weighted by Crippen LogP contribution is 2.40. The van der Waals surface area contributed by atoms with Gasteiger partial charge in [0.15, 0.2) is 17.3 Å². The molecule has 0 fully saturated rings. The van der Waals surface area contributed by atoms with Crippen molar-refractivity contribution in [3.63, 3.8) is 0 Å². The number of para-hydroxylation sites is 2. The van der Waals surface area contributed by atoms with Gasteiger partial charge in [-0.2, -0.15) is 20.2 Å². The fourth-order valence-electron chi connectivity index (χ4n) is 8.51. The standard InChI is InChI=1S/C54H62N18O5/c1-10-49(73)59-36-27-38(61-53-57-21-20-47(63-53)71-41-18-14-12-16-34(41)40(31-55)65-71)45(76-8)30-44(36)70(7)25-23-68(5)32-33-26-48(72-42-19-15-13-17-35(42)51(66-72)52(56)75)64-54(58-33)62-39-28-37(60-50(74)11-2)43(29-46(39)77-9)69(6)24-22-67(3)4/h10-21,26-30H,1-2,22-25,31-32,55H2,3-9H3,(H2,56,75)(H,59,73)(H,60,74)(H,57,61,63)(H,58,62,64). The lowest BCUT2D eigenvalue weighted by Crippen LogP contribution is -2.31. The molecule has 0 unspecified atom stereocenters. The number of carbonyl (C=O) groups is 3. The van der Waals surface area contributed by atoms with Crippen LogP contribution in [-0.4, -0.2) is 143 Å². The monoisotopic (exact) mass is 1040 g/mol. The maximum Gasteiger partial charge on any atom is 0.269 e. The van der Waals surface area contributed by atoms with Crippen molar-refractivity contribution in [3.05, 3.63) is 134 Å². The van der Waals surface area contributed by atoms with E-state index >= 15 is 0 Å². The molecule has 0 bridgehead atoms. The quantitative estimate of drug-likeness (QED) is 0.0389. The number of hydrogen-bond donors (Lipinski definition) is 6. The molecule has 0 saturated carbocycles. The first-order valence-corrected chi connectivity index (χ1v) is 24.4. The van der Waals surface area contributed by atoms with Crippen molar-refractivity contribution >= 4 is 85.5 Å². The van der Waals surface area contributed by atoms with E-state index in [1.165, 1.54) is 12.2 Å². The van der Waals surface area contributed by atoms with E-state index in [1.807, 2.05) is 93.6 Å². The zero-order valence-electron chi connectivity index (χ0n) is 44.0. The second-order valence-electron chi connectivity index (χ2n) is 18.2. The third kappa shape index (κ3) is 12.2. The zero-order valence-corrected chi connectivity index (χ0v) is 44.0. The number of ether oxygens (including phenoxy) is 2. The highest BCUT2D eigenvalue weighted by molar-refractivity contribution is 6.05. The van der Waals surface area contributed by atoms with Crippen molar-refractivity contribution < 1.29 is 23.9 Å². The Kier molecular flexibility index (Phi) is 16.7. The molecule has 0 aliphatic carbocycles. The van der Waals surface area contributed by atoms with Crippen LogP contribution in [0.2, 0.25) is 0 Å². The van der Waals surface area contributed by atoms with Gasteiger partial charge >= 0.3 is 0 Å². The molecule has 23 heteroatoms. The molecule has 8 N–H and O–H groups in total. The Morgan fingerprint density at radius 2 is 1.19 bits per heavy atom. The van der Waals surface area contributed by atoms with Gasteiger partial charge < -0.3 is 56.9 Å². The Morgan fingerprint density at radius 3 is 1.77 bits per heavy atom. The third-order valence-corrected chi connectivity index (χ3v) is 12.5. The molecule has 3 amide bonds. The number of likely N-dealkylation sites (N-methyl/N-ethyl adjacent to an activating group) is 4. The van der Waals surface area contributed by atoms with Crippen LogP contribution in [0.25, 0.3) is 33.4 Å². The SMILES string of the molecule is C=CC(=O)Nc1cc(Nc2nc(CN(C)CCN(C)c3cc(OC)c(Nc4nccc(-n5nc(CN)c6ccccc65)n4)cc3NC(=O)C=C)cc(-n3nc(C(N)=O)c4ccccc43)n2)c(OC)cc1N(C)CCN(C)C. The number of nitrogens with two attached hydrogens (primary N) is 2. The minimum absolute atomic E-state index is 0.0845. The number of fused-ring (bicyclic) bond motifs is 2. The summed E-state index contributed by atoms with van der Waals surface area (Å²) in [6.45, 7) is 10.3. The van der Waals surface area contributed by atoms with Gasteiger partial charge in [-0.25, -0.2) is 19.3 Å². The highest BCUT2D eigenvalue weighted by atomic mass is 16.5. The van der Waals surface area contributed by atoms with Gasteiger partial charge in [0.2, 0.25) is 23.7 Å². The molecule has 0 atom stereocenters. The Morgan fingerprint density at radius 1 is 0.649 bits per heavy atom. The maximum absolute atomic E-state index is 12.9. The molecule has 8 rings (SSSR count). The smallest absolute Gasteiger partial charge is 0.269 e. The highest BCUT2D eigenvalue weighted by Gasteiger charge is 2.22. The number of nitrogens with one attached hydrogen (secondary N) is 4. The molecule has 4 aromatic carbocycles. The van der Waals surface area contributed by atoms with Gasteiger partial charge in [-0.15, -0.1) is 0 Å². The van der Waals surface area contributed by atoms with Crippen LogP contribution in [0.15, 0.2) is 116 Å². The average molecular weight is 1040 g/mol. The summed E-state index contributed by atoms with van der Waals surface area (Å²) < 4.78 is 15.1. The molecule has 4 aromatic heterocycles. The number of primary amides is 1. The summed E-state index contributed by atoms with van der Waals surface area (Å²) in [5.74, 6) is 0.714. The molecular weight excluding hydrogens is 981 g/mol. The number of anilines is 8. The van der Waals surface area contributed by atoms with Crippen LogP contribution in [0, 0.1) is 0 Å². The number of nitrogens with zero attached hydrogens (tertiary/aromatic N) is 12. The van der Waals surface area contributed by atoms with Crippen molar-refractivity contribution in [2.75, 3.05) is 107 Å². The lowest BCUT2D eigenvalue weighted by molar-refractivity contribution is -0.112. The molecule has 0 spiro atoms. The number of amides is 3. The first-order valence-electron chi connectivity index (χ1n) is 24.4. The first-order chi connectivity index (χ1) is 37.1. The molecule has 0 radical (unpaired) electrons. The zero-order chi connectivity index (χ0) is 54.9. The topological polar surface area (TPSA) is 270 Å². The largest absolute Gasteiger partial charge is 0.494 e. The third-order valence-electron chi connectivity index (χ3n) is 12.5. The van der Waals surface area contributed by atoms with Gasteiger partial charge in [0.1, 0.15) is 11.5 Å². The number of benzene rings is 4. The Bertz CT molecular complexity index is 3500. The van der Waals surface area contributed by atoms with Gasteiger partial charge in [-0.3, -0.25) is 19.3 Å². The number of rotatable bonds is 24. The van der Waals surface area contributed by atoms with Crippen molar-refractivity contribution in [3.8, 4) is 23.1 Å². The second-order valence-corrected chi connectivity index (χ2v) is 18.2. The Hall–Kier alpha value is -9.45. The summed E-state index contributed by atoms with van der Waals surface area (Å²) in [5, 5.41) is 23.3. The van der Waals surface area contributed by atoms with Gasteiger partial charge in [-0.05, 0) is 57.6 Å². The van der Waals surface area contributed by atoms with E-state index in [1.54, 1.807) is 66.2 Å². The van der Waals surface area contributed by atoms with Gasteiger partial charge in [0.25, 0.3) is 5.91 Å².